The number of nitrogens with one attached hydrogen (secondary N) is 1. The third-order valence-electron chi connectivity index (χ3n) is 3.49. The maximum atomic E-state index is 5.93. The number of hydrogen-bond acceptors (Lipinski definition) is 3. The zero-order valence-corrected chi connectivity index (χ0v) is 13.7. The average molecular weight is 281 g/mol. The molecule has 20 heavy (non-hydrogen) atoms. The van der Waals surface area contributed by atoms with E-state index in [2.05, 4.69) is 57.3 Å². The highest BCUT2D eigenvalue weighted by atomic mass is 16.5. The molecule has 1 N–H and O–H groups in total. The van der Waals surface area contributed by atoms with Crippen molar-refractivity contribution >= 4 is 0 Å². The zero-order valence-electron chi connectivity index (χ0n) is 13.7. The van der Waals surface area contributed by atoms with Crippen LogP contribution in [0.3, 0.4) is 0 Å². The third-order valence-corrected chi connectivity index (χ3v) is 3.49. The SMILES string of the molecule is CCCC(OCC)C(Cc1ccn(C(C)C)n1)NCC. The monoisotopic (exact) mass is 281 g/mol. The van der Waals surface area contributed by atoms with Crippen molar-refractivity contribution in [3.8, 4) is 0 Å². The van der Waals surface area contributed by atoms with Gasteiger partial charge < -0.3 is 10.1 Å². The summed E-state index contributed by atoms with van der Waals surface area (Å²) >= 11 is 0. The zero-order chi connectivity index (χ0) is 15.0. The molecule has 1 aromatic rings. The van der Waals surface area contributed by atoms with Crippen LogP contribution in [0.2, 0.25) is 0 Å². The summed E-state index contributed by atoms with van der Waals surface area (Å²) in [5, 5.41) is 8.22. The van der Waals surface area contributed by atoms with Crippen LogP contribution in [0.25, 0.3) is 0 Å². The van der Waals surface area contributed by atoms with Crippen molar-refractivity contribution in [2.24, 2.45) is 0 Å². The highest BCUT2D eigenvalue weighted by Crippen LogP contribution is 2.13. The molecule has 0 saturated carbocycles. The van der Waals surface area contributed by atoms with Gasteiger partial charge in [0.05, 0.1) is 11.8 Å². The molecule has 0 fully saturated rings. The van der Waals surface area contributed by atoms with E-state index in [0.29, 0.717) is 12.1 Å². The van der Waals surface area contributed by atoms with Crippen LogP contribution in [-0.4, -0.2) is 35.1 Å². The van der Waals surface area contributed by atoms with E-state index in [1.165, 1.54) is 0 Å². The molecule has 0 aliphatic heterocycles. The first kappa shape index (κ1) is 17.2. The van der Waals surface area contributed by atoms with Gasteiger partial charge in [-0.25, -0.2) is 0 Å². The van der Waals surface area contributed by atoms with Gasteiger partial charge in [0, 0.05) is 31.3 Å². The number of nitrogens with zero attached hydrogens (tertiary/aromatic N) is 2. The lowest BCUT2D eigenvalue weighted by Crippen LogP contribution is -2.43. The molecule has 2 atom stereocenters. The molecular weight excluding hydrogens is 250 g/mol. The number of hydrogen-bond donors (Lipinski definition) is 1. The van der Waals surface area contributed by atoms with Gasteiger partial charge in [-0.1, -0.05) is 20.3 Å². The van der Waals surface area contributed by atoms with Crippen molar-refractivity contribution in [1.29, 1.82) is 0 Å². The number of likely N-dealkylation sites (N-methyl/N-ethyl adjacent to an activating group) is 1. The Kier molecular flexibility index (Phi) is 7.85. The van der Waals surface area contributed by atoms with Crippen LogP contribution < -0.4 is 5.32 Å². The van der Waals surface area contributed by atoms with Crippen molar-refractivity contribution in [1.82, 2.24) is 15.1 Å². The Morgan fingerprint density at radius 1 is 1.30 bits per heavy atom. The molecule has 0 spiro atoms. The molecule has 0 saturated heterocycles. The van der Waals surface area contributed by atoms with Gasteiger partial charge >= 0.3 is 0 Å². The minimum atomic E-state index is 0.272. The Morgan fingerprint density at radius 3 is 2.55 bits per heavy atom. The first-order chi connectivity index (χ1) is 9.62. The fourth-order valence-electron chi connectivity index (χ4n) is 2.50. The maximum Gasteiger partial charge on any atom is 0.0731 e. The average Bonchev–Trinajstić information content (AvgIpc) is 2.87. The number of aromatic nitrogens is 2. The van der Waals surface area contributed by atoms with E-state index >= 15 is 0 Å². The van der Waals surface area contributed by atoms with Gasteiger partial charge in [-0.3, -0.25) is 4.68 Å². The molecule has 116 valence electrons. The van der Waals surface area contributed by atoms with Crippen molar-refractivity contribution < 1.29 is 4.74 Å². The molecule has 0 aliphatic carbocycles. The van der Waals surface area contributed by atoms with Crippen molar-refractivity contribution in [3.05, 3.63) is 18.0 Å². The minimum absolute atomic E-state index is 0.272. The summed E-state index contributed by atoms with van der Waals surface area (Å²) in [5.41, 5.74) is 1.14. The molecule has 1 aromatic heterocycles. The van der Waals surface area contributed by atoms with Crippen molar-refractivity contribution in [3.63, 3.8) is 0 Å². The molecular formula is C16H31N3O. The summed E-state index contributed by atoms with van der Waals surface area (Å²) < 4.78 is 7.95. The Labute approximate surface area is 123 Å². The molecule has 0 radical (unpaired) electrons. The maximum absolute atomic E-state index is 5.93. The van der Waals surface area contributed by atoms with E-state index in [1.54, 1.807) is 0 Å². The molecule has 1 rings (SSSR count). The summed E-state index contributed by atoms with van der Waals surface area (Å²) in [5.74, 6) is 0. The topological polar surface area (TPSA) is 39.1 Å². The summed E-state index contributed by atoms with van der Waals surface area (Å²) in [7, 11) is 0. The van der Waals surface area contributed by atoms with Gasteiger partial charge in [0.15, 0.2) is 0 Å². The van der Waals surface area contributed by atoms with Crippen LogP contribution in [0.1, 0.15) is 59.2 Å². The molecule has 4 heteroatoms. The summed E-state index contributed by atoms with van der Waals surface area (Å²) in [6, 6.07) is 2.88. The summed E-state index contributed by atoms with van der Waals surface area (Å²) in [6.07, 6.45) is 5.51. The summed E-state index contributed by atoms with van der Waals surface area (Å²) in [6.45, 7) is 12.5. The highest BCUT2D eigenvalue weighted by molar-refractivity contribution is 5.03. The largest absolute Gasteiger partial charge is 0.377 e. The van der Waals surface area contributed by atoms with Crippen LogP contribution >= 0.6 is 0 Å². The second-order valence-electron chi connectivity index (χ2n) is 5.53. The first-order valence-corrected chi connectivity index (χ1v) is 8.01. The smallest absolute Gasteiger partial charge is 0.0731 e. The molecule has 2 unspecified atom stereocenters. The van der Waals surface area contributed by atoms with Gasteiger partial charge in [0.25, 0.3) is 0 Å². The van der Waals surface area contributed by atoms with Crippen LogP contribution in [0.5, 0.6) is 0 Å². The highest BCUT2D eigenvalue weighted by Gasteiger charge is 2.21. The van der Waals surface area contributed by atoms with E-state index in [1.807, 2.05) is 4.68 Å². The fraction of sp³-hybridized carbons (Fsp3) is 0.812. The lowest BCUT2D eigenvalue weighted by atomic mass is 10.0. The Hall–Kier alpha value is -0.870. The quantitative estimate of drug-likeness (QED) is 0.716. The third kappa shape index (κ3) is 5.25. The van der Waals surface area contributed by atoms with E-state index in [9.17, 15) is 0 Å². The van der Waals surface area contributed by atoms with E-state index < -0.39 is 0 Å². The van der Waals surface area contributed by atoms with Crippen LogP contribution in [0, 0.1) is 0 Å². The minimum Gasteiger partial charge on any atom is -0.377 e. The molecule has 0 bridgehead atoms. The Balaban J connectivity index is 2.72. The van der Waals surface area contributed by atoms with Gasteiger partial charge in [-0.2, -0.15) is 5.10 Å². The Bertz CT molecular complexity index is 356. The van der Waals surface area contributed by atoms with Crippen molar-refractivity contribution in [2.75, 3.05) is 13.2 Å². The van der Waals surface area contributed by atoms with Gasteiger partial charge in [-0.15, -0.1) is 0 Å². The standard InChI is InChI=1S/C16H31N3O/c1-6-9-16(20-8-3)15(17-7-2)12-14-10-11-19(18-14)13(4)5/h10-11,13,15-17H,6-9,12H2,1-5H3. The molecule has 0 aliphatic rings. The number of ether oxygens (including phenoxy) is 1. The van der Waals surface area contributed by atoms with E-state index in [4.69, 9.17) is 4.74 Å². The lowest BCUT2D eigenvalue weighted by Gasteiger charge is -2.27. The predicted molar refractivity (Wildman–Crippen MR) is 84.1 cm³/mol. The van der Waals surface area contributed by atoms with E-state index in [0.717, 1.165) is 38.1 Å². The summed E-state index contributed by atoms with van der Waals surface area (Å²) in [4.78, 5) is 0. The van der Waals surface area contributed by atoms with Crippen LogP contribution in [0.4, 0.5) is 0 Å². The fourth-order valence-corrected chi connectivity index (χ4v) is 2.50. The second-order valence-corrected chi connectivity index (χ2v) is 5.53. The van der Waals surface area contributed by atoms with Crippen molar-refractivity contribution in [2.45, 2.75) is 72.1 Å². The lowest BCUT2D eigenvalue weighted by molar-refractivity contribution is 0.0283. The van der Waals surface area contributed by atoms with Gasteiger partial charge in [0.2, 0.25) is 0 Å². The normalized spacial score (nSPS) is 14.7. The molecule has 4 nitrogen and oxygen atoms in total. The molecule has 1 heterocycles. The van der Waals surface area contributed by atoms with Gasteiger partial charge in [0.1, 0.15) is 0 Å². The molecule has 0 amide bonds. The predicted octanol–water partition coefficient (Wildman–Crippen LogP) is 3.19. The molecule has 0 aromatic carbocycles. The van der Waals surface area contributed by atoms with Crippen LogP contribution in [-0.2, 0) is 11.2 Å². The first-order valence-electron chi connectivity index (χ1n) is 8.01. The van der Waals surface area contributed by atoms with E-state index in [-0.39, 0.29) is 6.10 Å². The second kappa shape index (κ2) is 9.14. The Morgan fingerprint density at radius 2 is 2.05 bits per heavy atom. The number of rotatable bonds is 10. The van der Waals surface area contributed by atoms with Gasteiger partial charge in [-0.05, 0) is 39.8 Å². The van der Waals surface area contributed by atoms with Crippen LogP contribution in [0.15, 0.2) is 12.3 Å².